The Morgan fingerprint density at radius 3 is 2.35 bits per heavy atom. The maximum absolute atomic E-state index is 11.7. The van der Waals surface area contributed by atoms with E-state index < -0.39 is 10.8 Å². The number of nitrogens with zero attached hydrogens (tertiary/aromatic N) is 1. The smallest absolute Gasteiger partial charge is 0.269 e. The summed E-state index contributed by atoms with van der Waals surface area (Å²) in [5, 5.41) is 10.5. The molecule has 0 fully saturated rings. The summed E-state index contributed by atoms with van der Waals surface area (Å²) in [7, 11) is 0. The minimum atomic E-state index is -0.544. The van der Waals surface area contributed by atoms with Crippen LogP contribution < -0.4 is 10.9 Å². The number of unbranched alkanes of at least 4 members (excludes halogenated alkanes) is 2. The molecule has 0 saturated carbocycles. The average Bonchev–Trinajstić information content (AvgIpc) is 2.45. The third kappa shape index (κ3) is 5.05. The van der Waals surface area contributed by atoms with Gasteiger partial charge in [-0.1, -0.05) is 19.8 Å². The molecular formula is C13H17N3O4. The van der Waals surface area contributed by atoms with E-state index in [1.165, 1.54) is 24.3 Å². The topological polar surface area (TPSA) is 101 Å². The molecule has 20 heavy (non-hydrogen) atoms. The zero-order valence-corrected chi connectivity index (χ0v) is 11.2. The number of rotatable bonds is 6. The molecule has 0 atom stereocenters. The summed E-state index contributed by atoms with van der Waals surface area (Å²) in [5.41, 5.74) is 4.72. The molecule has 0 heterocycles. The number of non-ortho nitro benzene ring substituents is 1. The van der Waals surface area contributed by atoms with Crippen molar-refractivity contribution in [2.45, 2.75) is 32.6 Å². The largest absolute Gasteiger partial charge is 0.273 e. The fraction of sp³-hybridized carbons (Fsp3) is 0.385. The molecule has 0 aliphatic heterocycles. The lowest BCUT2D eigenvalue weighted by molar-refractivity contribution is -0.384. The number of nitro benzene ring substituents is 1. The lowest BCUT2D eigenvalue weighted by Crippen LogP contribution is -2.41. The number of hydrogen-bond donors (Lipinski definition) is 2. The number of hydrogen-bond acceptors (Lipinski definition) is 4. The lowest BCUT2D eigenvalue weighted by Gasteiger charge is -2.07. The van der Waals surface area contributed by atoms with Gasteiger partial charge in [0.25, 0.3) is 11.6 Å². The van der Waals surface area contributed by atoms with Crippen LogP contribution in [0.25, 0.3) is 0 Å². The van der Waals surface area contributed by atoms with E-state index in [1.807, 2.05) is 6.92 Å². The van der Waals surface area contributed by atoms with Gasteiger partial charge in [-0.25, -0.2) is 0 Å². The fourth-order valence-corrected chi connectivity index (χ4v) is 1.53. The van der Waals surface area contributed by atoms with Crippen molar-refractivity contribution in [3.05, 3.63) is 39.9 Å². The minimum Gasteiger partial charge on any atom is -0.273 e. The van der Waals surface area contributed by atoms with E-state index in [0.717, 1.165) is 19.3 Å². The summed E-state index contributed by atoms with van der Waals surface area (Å²) in [6.45, 7) is 2.04. The van der Waals surface area contributed by atoms with E-state index in [2.05, 4.69) is 10.9 Å². The zero-order valence-electron chi connectivity index (χ0n) is 11.2. The number of nitro groups is 1. The minimum absolute atomic E-state index is 0.0925. The van der Waals surface area contributed by atoms with Crippen molar-refractivity contribution in [1.29, 1.82) is 0 Å². The molecule has 0 aliphatic rings. The van der Waals surface area contributed by atoms with Gasteiger partial charge < -0.3 is 0 Å². The van der Waals surface area contributed by atoms with Gasteiger partial charge in [0.05, 0.1) is 4.92 Å². The van der Waals surface area contributed by atoms with Crippen molar-refractivity contribution >= 4 is 17.5 Å². The first-order valence-corrected chi connectivity index (χ1v) is 6.38. The molecule has 0 radical (unpaired) electrons. The van der Waals surface area contributed by atoms with Crippen LogP contribution >= 0.6 is 0 Å². The van der Waals surface area contributed by atoms with Gasteiger partial charge in [0, 0.05) is 24.1 Å². The molecule has 1 aromatic rings. The number of carbonyl (C=O) groups excluding carboxylic acids is 2. The molecule has 2 N–H and O–H groups in total. The Morgan fingerprint density at radius 2 is 1.80 bits per heavy atom. The highest BCUT2D eigenvalue weighted by Crippen LogP contribution is 2.11. The fourth-order valence-electron chi connectivity index (χ4n) is 1.53. The summed E-state index contributed by atoms with van der Waals surface area (Å²) in [5.74, 6) is -0.766. The van der Waals surface area contributed by atoms with Crippen LogP contribution in [0.15, 0.2) is 24.3 Å². The molecule has 0 aromatic heterocycles. The second-order valence-electron chi connectivity index (χ2n) is 4.26. The van der Waals surface area contributed by atoms with Gasteiger partial charge in [-0.05, 0) is 18.6 Å². The van der Waals surface area contributed by atoms with E-state index >= 15 is 0 Å². The van der Waals surface area contributed by atoms with Crippen LogP contribution in [0.5, 0.6) is 0 Å². The first-order chi connectivity index (χ1) is 9.54. The quantitative estimate of drug-likeness (QED) is 0.472. The first-order valence-electron chi connectivity index (χ1n) is 6.38. The van der Waals surface area contributed by atoms with Crippen LogP contribution in [-0.2, 0) is 4.79 Å². The molecular weight excluding hydrogens is 262 g/mol. The molecule has 7 nitrogen and oxygen atoms in total. The number of benzene rings is 1. The summed E-state index contributed by atoms with van der Waals surface area (Å²) in [6.07, 6.45) is 3.11. The van der Waals surface area contributed by atoms with Gasteiger partial charge in [0.1, 0.15) is 0 Å². The van der Waals surface area contributed by atoms with Gasteiger partial charge >= 0.3 is 0 Å². The van der Waals surface area contributed by atoms with Crippen molar-refractivity contribution in [2.24, 2.45) is 0 Å². The van der Waals surface area contributed by atoms with Crippen molar-refractivity contribution in [2.75, 3.05) is 0 Å². The monoisotopic (exact) mass is 279 g/mol. The normalized spacial score (nSPS) is 9.85. The van der Waals surface area contributed by atoms with Crippen LogP contribution in [-0.4, -0.2) is 16.7 Å². The summed E-state index contributed by atoms with van der Waals surface area (Å²) in [4.78, 5) is 33.0. The standard InChI is InChI=1S/C13H17N3O4/c1-2-3-4-5-12(17)14-15-13(18)10-6-8-11(9-7-10)16(19)20/h6-9H,2-5H2,1H3,(H,14,17)(H,15,18). The molecule has 0 aliphatic carbocycles. The number of nitrogens with one attached hydrogen (secondary N) is 2. The average molecular weight is 279 g/mol. The predicted molar refractivity (Wildman–Crippen MR) is 72.8 cm³/mol. The van der Waals surface area contributed by atoms with Gasteiger partial charge in [0.2, 0.25) is 5.91 Å². The SMILES string of the molecule is CCCCCC(=O)NNC(=O)c1ccc([N+](=O)[O-])cc1. The van der Waals surface area contributed by atoms with Gasteiger partial charge in [-0.15, -0.1) is 0 Å². The molecule has 0 saturated heterocycles. The molecule has 0 spiro atoms. The maximum atomic E-state index is 11.7. The van der Waals surface area contributed by atoms with Crippen molar-refractivity contribution in [1.82, 2.24) is 10.9 Å². The Balaban J connectivity index is 2.42. The van der Waals surface area contributed by atoms with Crippen molar-refractivity contribution in [3.8, 4) is 0 Å². The van der Waals surface area contributed by atoms with E-state index in [4.69, 9.17) is 0 Å². The maximum Gasteiger partial charge on any atom is 0.269 e. The Kier molecular flexibility index (Phi) is 6.15. The summed E-state index contributed by atoms with van der Waals surface area (Å²) < 4.78 is 0. The number of amides is 2. The van der Waals surface area contributed by atoms with Gasteiger partial charge in [-0.3, -0.25) is 30.6 Å². The Labute approximate surface area is 116 Å². The molecule has 0 unspecified atom stereocenters. The molecule has 2 amide bonds. The zero-order chi connectivity index (χ0) is 15.0. The summed E-state index contributed by atoms with van der Waals surface area (Å²) in [6, 6.07) is 5.13. The van der Waals surface area contributed by atoms with Crippen LogP contribution in [0.3, 0.4) is 0 Å². The molecule has 0 bridgehead atoms. The second-order valence-corrected chi connectivity index (χ2v) is 4.26. The molecule has 108 valence electrons. The number of carbonyl (C=O) groups is 2. The van der Waals surface area contributed by atoms with Gasteiger partial charge in [-0.2, -0.15) is 0 Å². The third-order valence-electron chi connectivity index (χ3n) is 2.66. The Morgan fingerprint density at radius 1 is 1.15 bits per heavy atom. The van der Waals surface area contributed by atoms with Crippen molar-refractivity contribution < 1.29 is 14.5 Å². The van der Waals surface area contributed by atoms with E-state index in [-0.39, 0.29) is 17.2 Å². The Hall–Kier alpha value is -2.44. The molecule has 1 aromatic carbocycles. The second kappa shape index (κ2) is 7.88. The molecule has 1 rings (SSSR count). The predicted octanol–water partition coefficient (Wildman–Crippen LogP) is 1.94. The summed E-state index contributed by atoms with van der Waals surface area (Å²) >= 11 is 0. The van der Waals surface area contributed by atoms with Crippen LogP contribution in [0.4, 0.5) is 5.69 Å². The third-order valence-corrected chi connectivity index (χ3v) is 2.66. The van der Waals surface area contributed by atoms with Crippen molar-refractivity contribution in [3.63, 3.8) is 0 Å². The highest BCUT2D eigenvalue weighted by molar-refractivity contribution is 5.95. The Bertz CT molecular complexity index is 485. The van der Waals surface area contributed by atoms with Crippen LogP contribution in [0, 0.1) is 10.1 Å². The van der Waals surface area contributed by atoms with Gasteiger partial charge in [0.15, 0.2) is 0 Å². The van der Waals surface area contributed by atoms with E-state index in [1.54, 1.807) is 0 Å². The number of hydrazine groups is 1. The highest BCUT2D eigenvalue weighted by atomic mass is 16.6. The van der Waals surface area contributed by atoms with E-state index in [0.29, 0.717) is 6.42 Å². The lowest BCUT2D eigenvalue weighted by atomic mass is 10.2. The first kappa shape index (κ1) is 15.6. The molecule has 7 heteroatoms. The highest BCUT2D eigenvalue weighted by Gasteiger charge is 2.10. The van der Waals surface area contributed by atoms with E-state index in [9.17, 15) is 19.7 Å². The van der Waals surface area contributed by atoms with Crippen LogP contribution in [0.1, 0.15) is 43.0 Å². The van der Waals surface area contributed by atoms with Crippen LogP contribution in [0.2, 0.25) is 0 Å².